The molecule has 2 aliphatic rings. The number of aromatic nitrogens is 2. The van der Waals surface area contributed by atoms with E-state index >= 15 is 0 Å². The molecular formula is C19H23N3O2. The van der Waals surface area contributed by atoms with Crippen molar-refractivity contribution in [3.63, 3.8) is 0 Å². The van der Waals surface area contributed by atoms with E-state index in [4.69, 9.17) is 9.47 Å². The van der Waals surface area contributed by atoms with Crippen molar-refractivity contribution in [3.05, 3.63) is 54.5 Å². The largest absolute Gasteiger partial charge is 0.477 e. The van der Waals surface area contributed by atoms with Crippen LogP contribution >= 0.6 is 0 Å². The van der Waals surface area contributed by atoms with E-state index in [0.717, 1.165) is 32.5 Å². The molecule has 5 nitrogen and oxygen atoms in total. The number of morpholine rings is 1. The molecule has 0 N–H and O–H groups in total. The number of hydrogen-bond acceptors (Lipinski definition) is 5. The molecule has 3 heterocycles. The van der Waals surface area contributed by atoms with E-state index in [1.165, 1.54) is 5.56 Å². The zero-order valence-corrected chi connectivity index (χ0v) is 13.8. The fourth-order valence-corrected chi connectivity index (χ4v) is 3.82. The Bertz CT molecular complexity index is 638. The summed E-state index contributed by atoms with van der Waals surface area (Å²) in [4.78, 5) is 11.0. The first kappa shape index (κ1) is 15.5. The number of hydrogen-bond donors (Lipinski definition) is 0. The fraction of sp³-hybridized carbons (Fsp3) is 0.474. The number of nitrogens with zero attached hydrogens (tertiary/aromatic N) is 3. The molecule has 2 aromatic rings. The first-order valence-corrected chi connectivity index (χ1v) is 8.67. The first-order chi connectivity index (χ1) is 11.9. The van der Waals surface area contributed by atoms with Gasteiger partial charge in [0.15, 0.2) is 0 Å². The summed E-state index contributed by atoms with van der Waals surface area (Å²) in [7, 11) is 0. The predicted octanol–water partition coefficient (Wildman–Crippen LogP) is 2.54. The lowest BCUT2D eigenvalue weighted by molar-refractivity contribution is -0.0590. The van der Waals surface area contributed by atoms with Gasteiger partial charge in [0.05, 0.1) is 19.3 Å². The third-order valence-electron chi connectivity index (χ3n) is 4.96. The Morgan fingerprint density at radius 1 is 1.17 bits per heavy atom. The quantitative estimate of drug-likeness (QED) is 0.845. The molecule has 5 heteroatoms. The van der Waals surface area contributed by atoms with E-state index in [2.05, 4.69) is 20.9 Å². The molecule has 2 fully saturated rings. The molecule has 0 amide bonds. The highest BCUT2D eigenvalue weighted by molar-refractivity contribution is 5.10. The average Bonchev–Trinajstić information content (AvgIpc) is 3.06. The maximum atomic E-state index is 6.02. The van der Waals surface area contributed by atoms with Crippen LogP contribution in [-0.4, -0.2) is 46.8 Å². The maximum Gasteiger partial charge on any atom is 0.213 e. The van der Waals surface area contributed by atoms with E-state index < -0.39 is 0 Å². The van der Waals surface area contributed by atoms with E-state index in [1.807, 2.05) is 36.7 Å². The van der Waals surface area contributed by atoms with Crippen LogP contribution in [0.4, 0.5) is 0 Å². The number of fused-ring (bicyclic) bond motifs is 1. The van der Waals surface area contributed by atoms with Gasteiger partial charge in [-0.25, -0.2) is 4.98 Å². The molecule has 0 aromatic carbocycles. The van der Waals surface area contributed by atoms with Crippen LogP contribution in [0.3, 0.4) is 0 Å². The minimum Gasteiger partial charge on any atom is -0.477 e. The zero-order valence-electron chi connectivity index (χ0n) is 13.8. The van der Waals surface area contributed by atoms with Gasteiger partial charge in [0, 0.05) is 43.8 Å². The minimum atomic E-state index is 0.327. The minimum absolute atomic E-state index is 0.327. The third-order valence-corrected chi connectivity index (χ3v) is 4.96. The summed E-state index contributed by atoms with van der Waals surface area (Å²) in [6, 6.07) is 10.4. The van der Waals surface area contributed by atoms with Crippen molar-refractivity contribution in [2.45, 2.75) is 31.5 Å². The lowest BCUT2D eigenvalue weighted by atomic mass is 10.1. The second-order valence-corrected chi connectivity index (χ2v) is 6.62. The molecular weight excluding hydrogens is 302 g/mol. The highest BCUT2D eigenvalue weighted by Crippen LogP contribution is 2.35. The van der Waals surface area contributed by atoms with Crippen LogP contribution in [-0.2, 0) is 11.3 Å². The third kappa shape index (κ3) is 3.57. The maximum absolute atomic E-state index is 6.02. The SMILES string of the molecule is c1ccc(OC[C@H]2C[C@@H]3[C@@H](C2)OCCN3Cc2cccnc2)nc1. The molecule has 4 rings (SSSR count). The summed E-state index contributed by atoms with van der Waals surface area (Å²) < 4.78 is 11.9. The zero-order chi connectivity index (χ0) is 16.2. The van der Waals surface area contributed by atoms with Gasteiger partial charge in [0.1, 0.15) is 0 Å². The molecule has 126 valence electrons. The highest BCUT2D eigenvalue weighted by Gasteiger charge is 2.41. The Hall–Kier alpha value is -1.98. The fourth-order valence-electron chi connectivity index (χ4n) is 3.82. The van der Waals surface area contributed by atoms with Gasteiger partial charge < -0.3 is 9.47 Å². The Balaban J connectivity index is 1.35. The van der Waals surface area contributed by atoms with Crippen molar-refractivity contribution in [3.8, 4) is 5.88 Å². The standard InChI is InChI=1S/C19H23N3O2/c1-2-7-21-19(5-1)24-14-16-10-17-18(11-16)23-9-8-22(17)13-15-4-3-6-20-12-15/h1-7,12,16-18H,8-11,13-14H2/t16-,17+,18+/m0/s1. The lowest BCUT2D eigenvalue weighted by Gasteiger charge is -2.37. The molecule has 1 saturated carbocycles. The molecule has 2 aromatic heterocycles. The molecule has 1 aliphatic carbocycles. The van der Waals surface area contributed by atoms with Crippen LogP contribution in [0.25, 0.3) is 0 Å². The number of ether oxygens (including phenoxy) is 2. The van der Waals surface area contributed by atoms with Crippen molar-refractivity contribution >= 4 is 0 Å². The molecule has 0 bridgehead atoms. The summed E-state index contributed by atoms with van der Waals surface area (Å²) in [5, 5.41) is 0. The van der Waals surface area contributed by atoms with Crippen molar-refractivity contribution in [1.82, 2.24) is 14.9 Å². The van der Waals surface area contributed by atoms with Gasteiger partial charge in [-0.1, -0.05) is 12.1 Å². The van der Waals surface area contributed by atoms with Crippen LogP contribution in [0.1, 0.15) is 18.4 Å². The number of pyridine rings is 2. The second-order valence-electron chi connectivity index (χ2n) is 6.62. The van der Waals surface area contributed by atoms with Crippen LogP contribution in [0.15, 0.2) is 48.9 Å². The average molecular weight is 325 g/mol. The highest BCUT2D eigenvalue weighted by atomic mass is 16.5. The van der Waals surface area contributed by atoms with Crippen LogP contribution in [0, 0.1) is 5.92 Å². The Labute approximate surface area is 142 Å². The molecule has 1 saturated heterocycles. The normalized spacial score (nSPS) is 26.9. The monoisotopic (exact) mass is 325 g/mol. The number of rotatable bonds is 5. The molecule has 0 spiro atoms. The molecule has 24 heavy (non-hydrogen) atoms. The summed E-state index contributed by atoms with van der Waals surface area (Å²) >= 11 is 0. The van der Waals surface area contributed by atoms with E-state index in [9.17, 15) is 0 Å². The smallest absolute Gasteiger partial charge is 0.213 e. The molecule has 1 aliphatic heterocycles. The Morgan fingerprint density at radius 2 is 2.17 bits per heavy atom. The van der Waals surface area contributed by atoms with Crippen LogP contribution < -0.4 is 4.74 Å². The van der Waals surface area contributed by atoms with E-state index in [-0.39, 0.29) is 0 Å². The van der Waals surface area contributed by atoms with Crippen LogP contribution in [0.5, 0.6) is 5.88 Å². The van der Waals surface area contributed by atoms with Gasteiger partial charge in [0.25, 0.3) is 0 Å². The topological polar surface area (TPSA) is 47.5 Å². The Morgan fingerprint density at radius 3 is 3.00 bits per heavy atom. The van der Waals surface area contributed by atoms with Gasteiger partial charge in [-0.15, -0.1) is 0 Å². The lowest BCUT2D eigenvalue weighted by Crippen LogP contribution is -2.47. The first-order valence-electron chi connectivity index (χ1n) is 8.67. The van der Waals surface area contributed by atoms with Crippen molar-refractivity contribution in [2.75, 3.05) is 19.8 Å². The van der Waals surface area contributed by atoms with Gasteiger partial charge in [-0.2, -0.15) is 0 Å². The van der Waals surface area contributed by atoms with Crippen LogP contribution in [0.2, 0.25) is 0 Å². The Kier molecular flexibility index (Phi) is 4.71. The van der Waals surface area contributed by atoms with Crippen molar-refractivity contribution in [2.24, 2.45) is 5.92 Å². The van der Waals surface area contributed by atoms with E-state index in [0.29, 0.717) is 30.6 Å². The molecule has 0 unspecified atom stereocenters. The summed E-state index contributed by atoms with van der Waals surface area (Å²) in [5.74, 6) is 1.23. The predicted molar refractivity (Wildman–Crippen MR) is 90.6 cm³/mol. The van der Waals surface area contributed by atoms with Gasteiger partial charge in [-0.05, 0) is 36.5 Å². The molecule has 0 radical (unpaired) electrons. The summed E-state index contributed by atoms with van der Waals surface area (Å²) in [6.45, 7) is 3.47. The van der Waals surface area contributed by atoms with Gasteiger partial charge in [0.2, 0.25) is 5.88 Å². The van der Waals surface area contributed by atoms with Crippen molar-refractivity contribution in [1.29, 1.82) is 0 Å². The van der Waals surface area contributed by atoms with Gasteiger partial charge >= 0.3 is 0 Å². The molecule has 3 atom stereocenters. The van der Waals surface area contributed by atoms with E-state index in [1.54, 1.807) is 6.20 Å². The second kappa shape index (κ2) is 7.28. The summed E-state index contributed by atoms with van der Waals surface area (Å²) in [6.07, 6.45) is 8.07. The van der Waals surface area contributed by atoms with Gasteiger partial charge in [-0.3, -0.25) is 9.88 Å². The summed E-state index contributed by atoms with van der Waals surface area (Å²) in [5.41, 5.74) is 1.27. The van der Waals surface area contributed by atoms with Crippen molar-refractivity contribution < 1.29 is 9.47 Å².